The van der Waals surface area contributed by atoms with Gasteiger partial charge in [0.15, 0.2) is 0 Å². The summed E-state index contributed by atoms with van der Waals surface area (Å²) >= 11 is 0. The second kappa shape index (κ2) is 10.0. The van der Waals surface area contributed by atoms with Crippen LogP contribution in [0.4, 0.5) is 20.6 Å². The molecule has 2 heterocycles. The lowest BCUT2D eigenvalue weighted by Crippen LogP contribution is -2.51. The minimum atomic E-state index is -0.219. The Morgan fingerprint density at radius 2 is 1.75 bits per heavy atom. The predicted molar refractivity (Wildman–Crippen MR) is 124 cm³/mol. The number of para-hydroxylation sites is 1. The Hall–Kier alpha value is -3.09. The second-order valence-electron chi connectivity index (χ2n) is 8.81. The molecule has 0 bridgehead atoms. The van der Waals surface area contributed by atoms with E-state index in [9.17, 15) is 14.0 Å². The zero-order valence-electron chi connectivity index (χ0n) is 18.5. The summed E-state index contributed by atoms with van der Waals surface area (Å²) in [6.07, 6.45) is 3.11. The van der Waals surface area contributed by atoms with E-state index >= 15 is 0 Å². The highest BCUT2D eigenvalue weighted by molar-refractivity contribution is 5.89. The van der Waals surface area contributed by atoms with Crippen molar-refractivity contribution in [2.75, 3.05) is 36.4 Å². The molecule has 3 amide bonds. The minimum absolute atomic E-state index is 0.00979. The Morgan fingerprint density at radius 1 is 1.00 bits per heavy atom. The standard InChI is InChI=1S/C25H31FN4O2/c1-18-9-10-22(26)23(16-18)30-13-5-8-21(17-30)27-24(31)19-11-14-29(15-12-19)25(32)28-20-6-3-2-4-7-20/h2-4,6-7,9-10,16,19,21H,5,8,11-15,17H2,1H3,(H,27,31)(H,28,32). The summed E-state index contributed by atoms with van der Waals surface area (Å²) in [6.45, 7) is 4.48. The van der Waals surface area contributed by atoms with E-state index < -0.39 is 0 Å². The number of hydrogen-bond acceptors (Lipinski definition) is 3. The summed E-state index contributed by atoms with van der Waals surface area (Å²) in [4.78, 5) is 29.1. The fourth-order valence-electron chi connectivity index (χ4n) is 4.57. The molecule has 2 aromatic carbocycles. The van der Waals surface area contributed by atoms with Crippen molar-refractivity contribution in [2.24, 2.45) is 5.92 Å². The molecule has 170 valence electrons. The van der Waals surface area contributed by atoms with E-state index in [1.807, 2.05) is 48.2 Å². The third-order valence-corrected chi connectivity index (χ3v) is 6.39. The molecular weight excluding hydrogens is 407 g/mol. The van der Waals surface area contributed by atoms with Gasteiger partial charge in [0.25, 0.3) is 0 Å². The molecule has 2 aromatic rings. The second-order valence-corrected chi connectivity index (χ2v) is 8.81. The first kappa shape index (κ1) is 22.1. The predicted octanol–water partition coefficient (Wildman–Crippen LogP) is 4.16. The van der Waals surface area contributed by atoms with Crippen molar-refractivity contribution in [3.05, 3.63) is 59.9 Å². The van der Waals surface area contributed by atoms with Gasteiger partial charge in [0.1, 0.15) is 5.82 Å². The normalized spacial score (nSPS) is 19.5. The van der Waals surface area contributed by atoms with Crippen molar-refractivity contribution in [1.29, 1.82) is 0 Å². The highest BCUT2D eigenvalue weighted by atomic mass is 19.1. The van der Waals surface area contributed by atoms with Crippen LogP contribution in [0.3, 0.4) is 0 Å². The number of nitrogens with zero attached hydrogens (tertiary/aromatic N) is 2. The van der Waals surface area contributed by atoms with E-state index in [4.69, 9.17) is 0 Å². The fourth-order valence-corrected chi connectivity index (χ4v) is 4.57. The van der Waals surface area contributed by atoms with Gasteiger partial charge in [-0.2, -0.15) is 0 Å². The smallest absolute Gasteiger partial charge is 0.321 e. The van der Waals surface area contributed by atoms with Crippen molar-refractivity contribution in [3.63, 3.8) is 0 Å². The van der Waals surface area contributed by atoms with Crippen LogP contribution in [-0.2, 0) is 4.79 Å². The van der Waals surface area contributed by atoms with Crippen LogP contribution >= 0.6 is 0 Å². The molecule has 2 fully saturated rings. The molecule has 0 radical (unpaired) electrons. The summed E-state index contributed by atoms with van der Waals surface area (Å²) in [5.41, 5.74) is 2.40. The lowest BCUT2D eigenvalue weighted by molar-refractivity contribution is -0.127. The van der Waals surface area contributed by atoms with E-state index in [2.05, 4.69) is 10.6 Å². The number of carbonyl (C=O) groups is 2. The maximum Gasteiger partial charge on any atom is 0.321 e. The molecule has 2 saturated heterocycles. The molecule has 7 heteroatoms. The van der Waals surface area contributed by atoms with Gasteiger partial charge in [-0.25, -0.2) is 9.18 Å². The van der Waals surface area contributed by atoms with E-state index in [-0.39, 0.29) is 29.7 Å². The van der Waals surface area contributed by atoms with Crippen molar-refractivity contribution >= 4 is 23.3 Å². The number of anilines is 2. The molecule has 0 spiro atoms. The zero-order chi connectivity index (χ0) is 22.5. The Morgan fingerprint density at radius 3 is 2.50 bits per heavy atom. The van der Waals surface area contributed by atoms with Gasteiger partial charge in [0, 0.05) is 43.8 Å². The molecule has 4 rings (SSSR count). The van der Waals surface area contributed by atoms with Gasteiger partial charge in [-0.05, 0) is 62.4 Å². The molecule has 32 heavy (non-hydrogen) atoms. The topological polar surface area (TPSA) is 64.7 Å². The first-order chi connectivity index (χ1) is 15.5. The number of amides is 3. The SMILES string of the molecule is Cc1ccc(F)c(N2CCCC(NC(=O)C3CCN(C(=O)Nc4ccccc4)CC3)C2)c1. The third-order valence-electron chi connectivity index (χ3n) is 6.39. The van der Waals surface area contributed by atoms with Gasteiger partial charge in [0.05, 0.1) is 5.69 Å². The lowest BCUT2D eigenvalue weighted by atomic mass is 9.95. The van der Waals surface area contributed by atoms with E-state index in [1.54, 1.807) is 11.0 Å². The summed E-state index contributed by atoms with van der Waals surface area (Å²) in [5.74, 6) is -0.268. The summed E-state index contributed by atoms with van der Waals surface area (Å²) < 4.78 is 14.3. The number of benzene rings is 2. The molecule has 1 atom stereocenters. The Labute approximate surface area is 188 Å². The molecule has 2 N–H and O–H groups in total. The molecular formula is C25H31FN4O2. The molecule has 0 aliphatic carbocycles. The number of likely N-dealkylation sites (tertiary alicyclic amines) is 1. The summed E-state index contributed by atoms with van der Waals surface area (Å²) in [5, 5.41) is 6.08. The van der Waals surface area contributed by atoms with Crippen molar-refractivity contribution < 1.29 is 14.0 Å². The maximum atomic E-state index is 14.3. The average molecular weight is 439 g/mol. The number of nitrogens with one attached hydrogen (secondary N) is 2. The van der Waals surface area contributed by atoms with Crippen LogP contribution in [-0.4, -0.2) is 49.1 Å². The van der Waals surface area contributed by atoms with Crippen LogP contribution in [0.5, 0.6) is 0 Å². The highest BCUT2D eigenvalue weighted by Crippen LogP contribution is 2.25. The molecule has 2 aliphatic rings. The van der Waals surface area contributed by atoms with E-state index in [1.165, 1.54) is 6.07 Å². The number of halogens is 1. The van der Waals surface area contributed by atoms with Crippen molar-refractivity contribution in [3.8, 4) is 0 Å². The maximum absolute atomic E-state index is 14.3. The van der Waals surface area contributed by atoms with Gasteiger partial charge in [-0.1, -0.05) is 24.3 Å². The number of urea groups is 1. The molecule has 0 aromatic heterocycles. The molecule has 1 unspecified atom stereocenters. The first-order valence-electron chi connectivity index (χ1n) is 11.4. The van der Waals surface area contributed by atoms with Crippen LogP contribution in [0.1, 0.15) is 31.2 Å². The third kappa shape index (κ3) is 5.39. The van der Waals surface area contributed by atoms with Gasteiger partial charge in [-0.3, -0.25) is 4.79 Å². The molecule has 6 nitrogen and oxygen atoms in total. The summed E-state index contributed by atoms with van der Waals surface area (Å²) in [7, 11) is 0. The zero-order valence-corrected chi connectivity index (χ0v) is 18.5. The number of rotatable bonds is 4. The van der Waals surface area contributed by atoms with Crippen molar-refractivity contribution in [2.45, 2.75) is 38.6 Å². The fraction of sp³-hybridized carbons (Fsp3) is 0.440. The van der Waals surface area contributed by atoms with Gasteiger partial charge in [0.2, 0.25) is 5.91 Å². The van der Waals surface area contributed by atoms with E-state index in [0.717, 1.165) is 30.6 Å². The number of carbonyl (C=O) groups excluding carboxylic acids is 2. The van der Waals surface area contributed by atoms with Crippen LogP contribution in [0.2, 0.25) is 0 Å². The van der Waals surface area contributed by atoms with E-state index in [0.29, 0.717) is 38.2 Å². The average Bonchev–Trinajstić information content (AvgIpc) is 2.81. The molecule has 2 aliphatic heterocycles. The van der Waals surface area contributed by atoms with Gasteiger partial charge >= 0.3 is 6.03 Å². The monoisotopic (exact) mass is 438 g/mol. The Kier molecular flexibility index (Phi) is 6.93. The Bertz CT molecular complexity index is 944. The highest BCUT2D eigenvalue weighted by Gasteiger charge is 2.30. The number of aryl methyl sites for hydroxylation is 1. The minimum Gasteiger partial charge on any atom is -0.367 e. The van der Waals surface area contributed by atoms with Crippen LogP contribution in [0, 0.1) is 18.7 Å². The lowest BCUT2D eigenvalue weighted by Gasteiger charge is -2.36. The Balaban J connectivity index is 1.26. The number of piperidine rings is 2. The van der Waals surface area contributed by atoms with Crippen LogP contribution in [0.15, 0.2) is 48.5 Å². The summed E-state index contributed by atoms with van der Waals surface area (Å²) in [6, 6.07) is 14.4. The first-order valence-corrected chi connectivity index (χ1v) is 11.4. The quantitative estimate of drug-likeness (QED) is 0.753. The largest absolute Gasteiger partial charge is 0.367 e. The van der Waals surface area contributed by atoms with Gasteiger partial charge in [-0.15, -0.1) is 0 Å². The van der Waals surface area contributed by atoms with Gasteiger partial charge < -0.3 is 20.4 Å². The van der Waals surface area contributed by atoms with Crippen molar-refractivity contribution in [1.82, 2.24) is 10.2 Å². The molecule has 0 saturated carbocycles. The number of hydrogen-bond donors (Lipinski definition) is 2. The van der Waals surface area contributed by atoms with Crippen LogP contribution < -0.4 is 15.5 Å². The van der Waals surface area contributed by atoms with Crippen LogP contribution in [0.25, 0.3) is 0 Å².